The highest BCUT2D eigenvalue weighted by atomic mass is 32.2. The molecule has 0 radical (unpaired) electrons. The molecule has 0 atom stereocenters. The standard InChI is InChI=1S/C12H17N3S/c1-2-10(3-1)11-8-12(14-9-13-11)15-4-6-16-7-5-15/h8-10H,1-7H2. The highest BCUT2D eigenvalue weighted by molar-refractivity contribution is 7.99. The van der Waals surface area contributed by atoms with Crippen LogP contribution in [-0.4, -0.2) is 34.6 Å². The largest absolute Gasteiger partial charge is 0.355 e. The number of nitrogens with zero attached hydrogens (tertiary/aromatic N) is 3. The summed E-state index contributed by atoms with van der Waals surface area (Å²) in [4.78, 5) is 11.2. The number of rotatable bonds is 2. The van der Waals surface area contributed by atoms with E-state index < -0.39 is 0 Å². The number of thioether (sulfide) groups is 1. The fraction of sp³-hybridized carbons (Fsp3) is 0.667. The summed E-state index contributed by atoms with van der Waals surface area (Å²) in [6, 6.07) is 2.21. The first-order valence-electron chi connectivity index (χ1n) is 6.08. The molecule has 1 aliphatic carbocycles. The van der Waals surface area contributed by atoms with Crippen molar-refractivity contribution in [2.24, 2.45) is 0 Å². The summed E-state index contributed by atoms with van der Waals surface area (Å²) in [5, 5.41) is 0. The fourth-order valence-corrected chi connectivity index (χ4v) is 3.16. The molecule has 2 fully saturated rings. The highest BCUT2D eigenvalue weighted by Gasteiger charge is 2.22. The smallest absolute Gasteiger partial charge is 0.132 e. The van der Waals surface area contributed by atoms with Crippen LogP contribution in [0, 0.1) is 0 Å². The molecule has 1 saturated heterocycles. The van der Waals surface area contributed by atoms with Gasteiger partial charge < -0.3 is 4.90 Å². The predicted octanol–water partition coefficient (Wildman–Crippen LogP) is 2.30. The van der Waals surface area contributed by atoms with Gasteiger partial charge in [0.2, 0.25) is 0 Å². The van der Waals surface area contributed by atoms with E-state index in [-0.39, 0.29) is 0 Å². The third-order valence-corrected chi connectivity index (χ3v) is 4.47. The van der Waals surface area contributed by atoms with Crippen LogP contribution in [0.25, 0.3) is 0 Å². The second-order valence-electron chi connectivity index (χ2n) is 4.53. The van der Waals surface area contributed by atoms with Gasteiger partial charge in [-0.1, -0.05) is 6.42 Å². The van der Waals surface area contributed by atoms with Crippen molar-refractivity contribution in [3.8, 4) is 0 Å². The van der Waals surface area contributed by atoms with Crippen molar-refractivity contribution in [1.82, 2.24) is 9.97 Å². The number of aromatic nitrogens is 2. The lowest BCUT2D eigenvalue weighted by molar-refractivity contribution is 0.410. The lowest BCUT2D eigenvalue weighted by Crippen LogP contribution is -2.33. The Hall–Kier alpha value is -0.770. The number of anilines is 1. The maximum atomic E-state index is 4.41. The van der Waals surface area contributed by atoms with Crippen LogP contribution in [0.2, 0.25) is 0 Å². The molecule has 0 N–H and O–H groups in total. The Morgan fingerprint density at radius 2 is 2.00 bits per heavy atom. The van der Waals surface area contributed by atoms with Crippen molar-refractivity contribution >= 4 is 17.6 Å². The normalized spacial score (nSPS) is 21.9. The van der Waals surface area contributed by atoms with Gasteiger partial charge in [0, 0.05) is 42.3 Å². The van der Waals surface area contributed by atoms with E-state index in [9.17, 15) is 0 Å². The van der Waals surface area contributed by atoms with Gasteiger partial charge in [0.05, 0.1) is 0 Å². The van der Waals surface area contributed by atoms with Crippen LogP contribution in [0.1, 0.15) is 30.9 Å². The molecule has 0 bridgehead atoms. The number of hydrogen-bond acceptors (Lipinski definition) is 4. The zero-order valence-electron chi connectivity index (χ0n) is 9.43. The van der Waals surface area contributed by atoms with Crippen LogP contribution in [-0.2, 0) is 0 Å². The van der Waals surface area contributed by atoms with E-state index >= 15 is 0 Å². The maximum absolute atomic E-state index is 4.41. The molecule has 1 aromatic rings. The average molecular weight is 235 g/mol. The number of hydrogen-bond donors (Lipinski definition) is 0. The Labute approximate surface area is 101 Å². The molecule has 1 aromatic heterocycles. The van der Waals surface area contributed by atoms with Gasteiger partial charge in [0.15, 0.2) is 0 Å². The molecule has 0 aromatic carbocycles. The first-order valence-corrected chi connectivity index (χ1v) is 7.23. The minimum atomic E-state index is 0.709. The van der Waals surface area contributed by atoms with E-state index in [0.717, 1.165) is 18.9 Å². The van der Waals surface area contributed by atoms with Gasteiger partial charge in [0.1, 0.15) is 12.1 Å². The zero-order chi connectivity index (χ0) is 10.8. The molecule has 2 heterocycles. The Morgan fingerprint density at radius 1 is 1.19 bits per heavy atom. The summed E-state index contributed by atoms with van der Waals surface area (Å²) in [5.74, 6) is 4.30. The van der Waals surface area contributed by atoms with Gasteiger partial charge in [-0.25, -0.2) is 9.97 Å². The predicted molar refractivity (Wildman–Crippen MR) is 68.2 cm³/mol. The lowest BCUT2D eigenvalue weighted by atomic mass is 9.83. The molecule has 0 unspecified atom stereocenters. The summed E-state index contributed by atoms with van der Waals surface area (Å²) in [7, 11) is 0. The van der Waals surface area contributed by atoms with Crippen LogP contribution in [0.15, 0.2) is 12.4 Å². The van der Waals surface area contributed by atoms with Gasteiger partial charge in [-0.2, -0.15) is 11.8 Å². The first-order chi connectivity index (χ1) is 7.93. The van der Waals surface area contributed by atoms with Crippen LogP contribution >= 0.6 is 11.8 Å². The SMILES string of the molecule is c1nc(C2CCC2)cc(N2CCSCC2)n1. The van der Waals surface area contributed by atoms with Crippen LogP contribution < -0.4 is 4.90 Å². The van der Waals surface area contributed by atoms with Gasteiger partial charge in [-0.15, -0.1) is 0 Å². The second-order valence-corrected chi connectivity index (χ2v) is 5.75. The van der Waals surface area contributed by atoms with Crippen LogP contribution in [0.5, 0.6) is 0 Å². The molecule has 86 valence electrons. The molecule has 3 nitrogen and oxygen atoms in total. The van der Waals surface area contributed by atoms with Gasteiger partial charge in [0.25, 0.3) is 0 Å². The highest BCUT2D eigenvalue weighted by Crippen LogP contribution is 2.35. The molecule has 1 aliphatic heterocycles. The minimum absolute atomic E-state index is 0.709. The van der Waals surface area contributed by atoms with Crippen molar-refractivity contribution in [3.63, 3.8) is 0 Å². The Kier molecular flexibility index (Phi) is 3.00. The van der Waals surface area contributed by atoms with E-state index in [2.05, 4.69) is 20.9 Å². The lowest BCUT2D eigenvalue weighted by Gasteiger charge is -2.29. The third kappa shape index (κ3) is 2.03. The minimum Gasteiger partial charge on any atom is -0.355 e. The summed E-state index contributed by atoms with van der Waals surface area (Å²) in [5.41, 5.74) is 1.26. The Morgan fingerprint density at radius 3 is 2.69 bits per heavy atom. The molecular weight excluding hydrogens is 218 g/mol. The molecule has 4 heteroatoms. The van der Waals surface area contributed by atoms with Crippen molar-refractivity contribution in [2.45, 2.75) is 25.2 Å². The molecule has 0 amide bonds. The van der Waals surface area contributed by atoms with Gasteiger partial charge >= 0.3 is 0 Å². The van der Waals surface area contributed by atoms with E-state index in [1.54, 1.807) is 6.33 Å². The molecule has 3 rings (SSSR count). The molecular formula is C12H17N3S. The summed E-state index contributed by atoms with van der Waals surface area (Å²) in [6.45, 7) is 2.26. The van der Waals surface area contributed by atoms with Gasteiger partial charge in [-0.05, 0) is 12.8 Å². The topological polar surface area (TPSA) is 29.0 Å². The quantitative estimate of drug-likeness (QED) is 0.786. The third-order valence-electron chi connectivity index (χ3n) is 3.53. The van der Waals surface area contributed by atoms with E-state index in [1.165, 1.54) is 36.5 Å². The Bertz CT molecular complexity index is 359. The summed E-state index contributed by atoms with van der Waals surface area (Å²) < 4.78 is 0. The van der Waals surface area contributed by atoms with Crippen molar-refractivity contribution in [1.29, 1.82) is 0 Å². The molecule has 16 heavy (non-hydrogen) atoms. The molecule has 0 spiro atoms. The first kappa shape index (κ1) is 10.4. The van der Waals surface area contributed by atoms with Crippen LogP contribution in [0.4, 0.5) is 5.82 Å². The van der Waals surface area contributed by atoms with Crippen molar-refractivity contribution in [3.05, 3.63) is 18.1 Å². The zero-order valence-corrected chi connectivity index (χ0v) is 10.2. The van der Waals surface area contributed by atoms with E-state index in [1.807, 2.05) is 11.8 Å². The maximum Gasteiger partial charge on any atom is 0.132 e. The fourth-order valence-electron chi connectivity index (χ4n) is 2.25. The van der Waals surface area contributed by atoms with Crippen molar-refractivity contribution in [2.75, 3.05) is 29.5 Å². The second kappa shape index (κ2) is 4.62. The monoisotopic (exact) mass is 235 g/mol. The Balaban J connectivity index is 1.77. The van der Waals surface area contributed by atoms with Crippen LogP contribution in [0.3, 0.4) is 0 Å². The van der Waals surface area contributed by atoms with E-state index in [4.69, 9.17) is 0 Å². The molecule has 2 aliphatic rings. The average Bonchev–Trinajstić information content (AvgIpc) is 2.28. The van der Waals surface area contributed by atoms with E-state index in [0.29, 0.717) is 5.92 Å². The summed E-state index contributed by atoms with van der Waals surface area (Å²) >= 11 is 2.03. The van der Waals surface area contributed by atoms with Crippen molar-refractivity contribution < 1.29 is 0 Å². The van der Waals surface area contributed by atoms with Gasteiger partial charge in [-0.3, -0.25) is 0 Å². The summed E-state index contributed by atoms with van der Waals surface area (Å²) in [6.07, 6.45) is 5.73. The molecule has 1 saturated carbocycles.